The van der Waals surface area contributed by atoms with Gasteiger partial charge in [-0.25, -0.2) is 0 Å². The fourth-order valence-corrected chi connectivity index (χ4v) is 4.02. The van der Waals surface area contributed by atoms with Crippen LogP contribution < -0.4 is 0 Å². The predicted octanol–water partition coefficient (Wildman–Crippen LogP) is 4.73. The highest BCUT2D eigenvalue weighted by molar-refractivity contribution is 5.63. The lowest BCUT2D eigenvalue weighted by molar-refractivity contribution is -0.116. The highest BCUT2D eigenvalue weighted by Gasteiger charge is 2.47. The van der Waals surface area contributed by atoms with Gasteiger partial charge in [-0.15, -0.1) is 0 Å². The van der Waals surface area contributed by atoms with E-state index >= 15 is 0 Å². The van der Waals surface area contributed by atoms with Crippen LogP contribution in [0.15, 0.2) is 91.0 Å². The van der Waals surface area contributed by atoms with E-state index in [4.69, 9.17) is 14.9 Å². The Morgan fingerprint density at radius 2 is 1.09 bits per heavy atom. The van der Waals surface area contributed by atoms with Crippen LogP contribution in [0.3, 0.4) is 0 Å². The van der Waals surface area contributed by atoms with Crippen LogP contribution in [0.5, 0.6) is 0 Å². The molecule has 0 unspecified atom stereocenters. The molecule has 2 N–H and O–H groups in total. The van der Waals surface area contributed by atoms with Crippen LogP contribution in [-0.4, -0.2) is 36.3 Å². The number of rotatable bonds is 9. The molecule has 0 radical (unpaired) electrons. The smallest absolute Gasteiger partial charge is 0.143 e. The summed E-state index contributed by atoms with van der Waals surface area (Å²) in [7, 11) is 0. The second kappa shape index (κ2) is 10.0. The lowest BCUT2D eigenvalue weighted by atomic mass is 9.80. The molecule has 2 fully saturated rings. The molecule has 0 aromatic heterocycles. The summed E-state index contributed by atoms with van der Waals surface area (Å²) < 4.78 is 6.67. The fourth-order valence-electron chi connectivity index (χ4n) is 4.02. The van der Waals surface area contributed by atoms with Gasteiger partial charge in [0.25, 0.3) is 0 Å². The third-order valence-corrected chi connectivity index (χ3v) is 6.89. The zero-order valence-corrected chi connectivity index (χ0v) is 18.9. The number of hydrogen-bond donors (Lipinski definition) is 2. The Morgan fingerprint density at radius 3 is 1.33 bits per heavy atom. The summed E-state index contributed by atoms with van der Waals surface area (Å²) in [6, 6.07) is 30.8. The van der Waals surface area contributed by atoms with Crippen molar-refractivity contribution in [1.29, 1.82) is 0 Å². The van der Waals surface area contributed by atoms with Gasteiger partial charge in [-0.05, 0) is 42.4 Å². The minimum atomic E-state index is -0.734. The fraction of sp³-hybridized carbons (Fsp3) is 0.345. The summed E-state index contributed by atoms with van der Waals surface area (Å²) in [6.45, 7) is 0.738. The van der Waals surface area contributed by atoms with Gasteiger partial charge in [0.05, 0.1) is 19.8 Å². The first kappa shape index (κ1) is 23.4. The minimum absolute atomic E-state index is 0.0556. The van der Waals surface area contributed by atoms with Crippen molar-refractivity contribution in [3.8, 4) is 0 Å². The second-order valence-electron chi connectivity index (χ2n) is 9.36. The van der Waals surface area contributed by atoms with Gasteiger partial charge in [0.1, 0.15) is 11.9 Å². The van der Waals surface area contributed by atoms with E-state index in [1.165, 1.54) is 0 Å². The number of aldehydes is 1. The summed E-state index contributed by atoms with van der Waals surface area (Å²) in [5, 5.41) is 17.0. The van der Waals surface area contributed by atoms with Crippen molar-refractivity contribution in [1.82, 2.24) is 0 Å². The van der Waals surface area contributed by atoms with Crippen molar-refractivity contribution >= 4 is 6.29 Å². The number of benzene rings is 3. The maximum atomic E-state index is 11.5. The number of hydrogen-bond acceptors (Lipinski definition) is 4. The van der Waals surface area contributed by atoms with Gasteiger partial charge in [0, 0.05) is 10.8 Å². The Bertz CT molecular complexity index is 907. The summed E-state index contributed by atoms with van der Waals surface area (Å²) >= 11 is 0. The summed E-state index contributed by atoms with van der Waals surface area (Å²) in [5.41, 5.74) is 2.10. The van der Waals surface area contributed by atoms with E-state index in [2.05, 4.69) is 36.4 Å². The van der Waals surface area contributed by atoms with Crippen molar-refractivity contribution in [3.05, 3.63) is 108 Å². The minimum Gasteiger partial charge on any atom is -0.396 e. The maximum absolute atomic E-state index is 11.5. The first-order chi connectivity index (χ1) is 16.1. The van der Waals surface area contributed by atoms with Crippen LogP contribution in [0.25, 0.3) is 0 Å². The highest BCUT2D eigenvalue weighted by Crippen LogP contribution is 2.48. The van der Waals surface area contributed by atoms with Gasteiger partial charge < -0.3 is 19.7 Å². The van der Waals surface area contributed by atoms with E-state index in [1.54, 1.807) is 0 Å². The molecule has 2 saturated carbocycles. The molecule has 4 heteroatoms. The molecule has 0 amide bonds. The molecule has 2 aliphatic rings. The molecule has 0 atom stereocenters. The standard InChI is InChI=1S/C24H22O2.C5H10O2/c25-18-23(16-17-23)19-26-24(20-10-4-1-5-11-20,21-12-6-2-7-13-21)22-14-8-3-9-15-22;6-3-5(4-7)1-2-5/h1-15,18H,16-17,19H2;6-7H,1-4H2. The van der Waals surface area contributed by atoms with Crippen LogP contribution in [0.1, 0.15) is 42.4 Å². The van der Waals surface area contributed by atoms with E-state index in [9.17, 15) is 4.79 Å². The van der Waals surface area contributed by atoms with Gasteiger partial charge in [0.2, 0.25) is 0 Å². The summed E-state index contributed by atoms with van der Waals surface area (Å²) in [5.74, 6) is 0. The molecular formula is C29H32O4. The number of aliphatic hydroxyl groups is 2. The quantitative estimate of drug-likeness (QED) is 0.370. The van der Waals surface area contributed by atoms with Gasteiger partial charge in [-0.3, -0.25) is 0 Å². The zero-order chi connectivity index (χ0) is 23.2. The average molecular weight is 445 g/mol. The van der Waals surface area contributed by atoms with E-state index in [-0.39, 0.29) is 24.0 Å². The topological polar surface area (TPSA) is 66.8 Å². The molecule has 0 spiro atoms. The van der Waals surface area contributed by atoms with E-state index in [0.29, 0.717) is 6.61 Å². The zero-order valence-electron chi connectivity index (χ0n) is 18.9. The third-order valence-electron chi connectivity index (χ3n) is 6.89. The lowest BCUT2D eigenvalue weighted by Gasteiger charge is -2.36. The molecule has 172 valence electrons. The van der Waals surface area contributed by atoms with Crippen LogP contribution in [0.2, 0.25) is 0 Å². The second-order valence-corrected chi connectivity index (χ2v) is 9.36. The van der Waals surface area contributed by atoms with Crippen LogP contribution >= 0.6 is 0 Å². The Morgan fingerprint density at radius 1 is 0.697 bits per heavy atom. The van der Waals surface area contributed by atoms with Crippen molar-refractivity contribution in [2.24, 2.45) is 10.8 Å². The van der Waals surface area contributed by atoms with Gasteiger partial charge in [-0.2, -0.15) is 0 Å². The first-order valence-corrected chi connectivity index (χ1v) is 11.6. The van der Waals surface area contributed by atoms with Crippen LogP contribution in [0.4, 0.5) is 0 Å². The molecule has 2 aliphatic carbocycles. The molecule has 5 rings (SSSR count). The molecular weight excluding hydrogens is 412 g/mol. The Hall–Kier alpha value is -2.79. The monoisotopic (exact) mass is 444 g/mol. The van der Waals surface area contributed by atoms with E-state index < -0.39 is 5.60 Å². The van der Waals surface area contributed by atoms with Crippen molar-refractivity contribution in [3.63, 3.8) is 0 Å². The molecule has 0 saturated heterocycles. The van der Waals surface area contributed by atoms with Gasteiger partial charge in [0.15, 0.2) is 0 Å². The Kier molecular flexibility index (Phi) is 7.08. The molecule has 3 aromatic rings. The van der Waals surface area contributed by atoms with E-state index in [1.807, 2.05) is 54.6 Å². The lowest BCUT2D eigenvalue weighted by Crippen LogP contribution is -2.35. The maximum Gasteiger partial charge on any atom is 0.143 e. The molecule has 0 bridgehead atoms. The first-order valence-electron chi connectivity index (χ1n) is 11.6. The van der Waals surface area contributed by atoms with Crippen LogP contribution in [-0.2, 0) is 15.1 Å². The normalized spacial score (nSPS) is 17.4. The largest absolute Gasteiger partial charge is 0.396 e. The van der Waals surface area contributed by atoms with Crippen molar-refractivity contribution < 1.29 is 19.7 Å². The molecule has 4 nitrogen and oxygen atoms in total. The van der Waals surface area contributed by atoms with Crippen molar-refractivity contribution in [2.45, 2.75) is 31.3 Å². The SMILES string of the molecule is O=CC1(COC(c2ccccc2)(c2ccccc2)c2ccccc2)CC1.OCC1(CO)CC1. The van der Waals surface area contributed by atoms with Crippen LogP contribution in [0, 0.1) is 10.8 Å². The summed E-state index contributed by atoms with van der Waals surface area (Å²) in [6.07, 6.45) is 4.88. The molecule has 0 aliphatic heterocycles. The molecule has 33 heavy (non-hydrogen) atoms. The van der Waals surface area contributed by atoms with Gasteiger partial charge >= 0.3 is 0 Å². The number of carbonyl (C=O) groups is 1. The van der Waals surface area contributed by atoms with Gasteiger partial charge in [-0.1, -0.05) is 91.0 Å². The number of ether oxygens (including phenoxy) is 1. The van der Waals surface area contributed by atoms with E-state index in [0.717, 1.165) is 48.7 Å². The highest BCUT2D eigenvalue weighted by atomic mass is 16.5. The molecule has 3 aromatic carbocycles. The third kappa shape index (κ3) is 5.09. The number of carbonyl (C=O) groups excluding carboxylic acids is 1. The molecule has 0 heterocycles. The van der Waals surface area contributed by atoms with Crippen molar-refractivity contribution in [2.75, 3.05) is 19.8 Å². The average Bonchev–Trinajstić information content (AvgIpc) is 3.83. The Labute approximate surface area is 195 Å². The number of aliphatic hydroxyl groups excluding tert-OH is 2. The predicted molar refractivity (Wildman–Crippen MR) is 129 cm³/mol. The Balaban J connectivity index is 0.000000318. The summed E-state index contributed by atoms with van der Waals surface area (Å²) in [4.78, 5) is 11.5.